The van der Waals surface area contributed by atoms with Gasteiger partial charge in [0.2, 0.25) is 0 Å². The Bertz CT molecular complexity index is 1120. The monoisotopic (exact) mass is 363 g/mol. The molecule has 128 valence electrons. The fourth-order valence-electron chi connectivity index (χ4n) is 2.97. The third kappa shape index (κ3) is 2.91. The first-order chi connectivity index (χ1) is 12.6. The van der Waals surface area contributed by atoms with Crippen molar-refractivity contribution in [3.8, 4) is 11.1 Å². The topological polar surface area (TPSA) is 62.5 Å². The second-order valence-corrected chi connectivity index (χ2v) is 6.22. The van der Waals surface area contributed by atoms with E-state index in [0.717, 1.165) is 27.8 Å². The molecule has 0 bridgehead atoms. The van der Waals surface area contributed by atoms with Crippen LogP contribution >= 0.6 is 11.6 Å². The third-order valence-electron chi connectivity index (χ3n) is 4.18. The Morgan fingerprint density at radius 3 is 2.62 bits per heavy atom. The molecule has 5 heteroatoms. The summed E-state index contributed by atoms with van der Waals surface area (Å²) in [5.74, 6) is -0.989. The lowest BCUT2D eigenvalue weighted by atomic mass is 10.0. The smallest absolute Gasteiger partial charge is 0.337 e. The molecule has 4 rings (SSSR count). The average molecular weight is 364 g/mol. The molecule has 0 saturated carbocycles. The number of carboxylic acid groups (broad SMARTS) is 1. The van der Waals surface area contributed by atoms with E-state index in [0.29, 0.717) is 10.7 Å². The zero-order valence-electron chi connectivity index (χ0n) is 13.6. The van der Waals surface area contributed by atoms with E-state index in [1.54, 1.807) is 30.5 Å². The van der Waals surface area contributed by atoms with Gasteiger partial charge in [0, 0.05) is 16.6 Å². The number of aromatic carboxylic acids is 1. The van der Waals surface area contributed by atoms with Crippen LogP contribution in [-0.2, 0) is 0 Å². The molecule has 3 aromatic carbocycles. The molecule has 1 aromatic heterocycles. The second-order valence-electron chi connectivity index (χ2n) is 5.81. The van der Waals surface area contributed by atoms with E-state index < -0.39 is 5.97 Å². The Hall–Kier alpha value is -3.24. The van der Waals surface area contributed by atoms with E-state index in [-0.39, 0.29) is 5.56 Å². The maximum absolute atomic E-state index is 11.5. The van der Waals surface area contributed by atoms with Crippen LogP contribution in [0.2, 0.25) is 5.02 Å². The van der Waals surface area contributed by atoms with E-state index in [1.165, 1.54) is 0 Å². The average Bonchev–Trinajstić information content (AvgIpc) is 3.10. The number of furan rings is 1. The number of halogens is 1. The Kier molecular flexibility index (Phi) is 4.11. The van der Waals surface area contributed by atoms with Crippen molar-refractivity contribution in [1.82, 2.24) is 0 Å². The molecule has 2 N–H and O–H groups in total. The van der Waals surface area contributed by atoms with Crippen LogP contribution in [0.5, 0.6) is 0 Å². The van der Waals surface area contributed by atoms with Gasteiger partial charge >= 0.3 is 5.97 Å². The molecule has 0 aliphatic heterocycles. The van der Waals surface area contributed by atoms with Crippen LogP contribution in [0.15, 0.2) is 77.4 Å². The van der Waals surface area contributed by atoms with Gasteiger partial charge in [-0.05, 0) is 48.0 Å². The van der Waals surface area contributed by atoms with Crippen molar-refractivity contribution in [1.29, 1.82) is 0 Å². The van der Waals surface area contributed by atoms with Crippen molar-refractivity contribution in [3.63, 3.8) is 0 Å². The minimum atomic E-state index is -0.989. The van der Waals surface area contributed by atoms with Crippen LogP contribution in [0.4, 0.5) is 11.4 Å². The zero-order chi connectivity index (χ0) is 18.1. The first-order valence-electron chi connectivity index (χ1n) is 7.99. The molecule has 26 heavy (non-hydrogen) atoms. The van der Waals surface area contributed by atoms with Gasteiger partial charge < -0.3 is 14.8 Å². The second kappa shape index (κ2) is 6.58. The van der Waals surface area contributed by atoms with Crippen LogP contribution in [0.3, 0.4) is 0 Å². The summed E-state index contributed by atoms with van der Waals surface area (Å²) in [5, 5.41) is 14.2. The van der Waals surface area contributed by atoms with Crippen molar-refractivity contribution in [3.05, 3.63) is 83.6 Å². The first-order valence-corrected chi connectivity index (χ1v) is 8.37. The Morgan fingerprint density at radius 2 is 1.77 bits per heavy atom. The minimum absolute atomic E-state index is 0.198. The summed E-state index contributed by atoms with van der Waals surface area (Å²) < 4.78 is 5.39. The fraction of sp³-hybridized carbons (Fsp3) is 0. The third-order valence-corrected chi connectivity index (χ3v) is 4.50. The molecule has 0 amide bonds. The number of carboxylic acids is 1. The fourth-order valence-corrected chi connectivity index (χ4v) is 3.25. The lowest BCUT2D eigenvalue weighted by Crippen LogP contribution is -2.03. The highest BCUT2D eigenvalue weighted by Gasteiger charge is 2.14. The number of fused-ring (bicyclic) bond motifs is 1. The van der Waals surface area contributed by atoms with E-state index >= 15 is 0 Å². The van der Waals surface area contributed by atoms with E-state index in [4.69, 9.17) is 16.0 Å². The van der Waals surface area contributed by atoms with Gasteiger partial charge in [-0.15, -0.1) is 0 Å². The van der Waals surface area contributed by atoms with Crippen LogP contribution < -0.4 is 5.32 Å². The molecule has 0 aliphatic rings. The summed E-state index contributed by atoms with van der Waals surface area (Å²) in [4.78, 5) is 11.5. The van der Waals surface area contributed by atoms with Crippen LogP contribution in [0, 0.1) is 0 Å². The van der Waals surface area contributed by atoms with Crippen molar-refractivity contribution in [2.75, 3.05) is 5.32 Å². The van der Waals surface area contributed by atoms with E-state index in [9.17, 15) is 9.90 Å². The SMILES string of the molecule is O=C(O)c1ccccc1Nc1cccc(Cl)c1-c1ccc2occc2c1. The molecular weight excluding hydrogens is 350 g/mol. The number of para-hydroxylation sites is 1. The molecule has 0 aliphatic carbocycles. The first kappa shape index (κ1) is 16.2. The van der Waals surface area contributed by atoms with Crippen LogP contribution in [-0.4, -0.2) is 11.1 Å². The maximum Gasteiger partial charge on any atom is 0.337 e. The highest BCUT2D eigenvalue weighted by molar-refractivity contribution is 6.34. The molecule has 0 fully saturated rings. The molecule has 0 unspecified atom stereocenters. The highest BCUT2D eigenvalue weighted by Crippen LogP contribution is 2.38. The summed E-state index contributed by atoms with van der Waals surface area (Å²) in [7, 11) is 0. The van der Waals surface area contributed by atoms with Gasteiger partial charge in [-0.1, -0.05) is 35.9 Å². The number of benzene rings is 3. The lowest BCUT2D eigenvalue weighted by Gasteiger charge is -2.15. The van der Waals surface area contributed by atoms with Gasteiger partial charge in [0.05, 0.1) is 22.5 Å². The predicted octanol–water partition coefficient (Wildman–Crippen LogP) is 6.20. The molecule has 1 heterocycles. The normalized spacial score (nSPS) is 10.8. The molecule has 4 nitrogen and oxygen atoms in total. The Labute approximate surface area is 154 Å². The highest BCUT2D eigenvalue weighted by atomic mass is 35.5. The summed E-state index contributed by atoms with van der Waals surface area (Å²) in [6, 6.07) is 20.0. The van der Waals surface area contributed by atoms with Crippen LogP contribution in [0.1, 0.15) is 10.4 Å². The van der Waals surface area contributed by atoms with Crippen molar-refractivity contribution in [2.45, 2.75) is 0 Å². The Balaban J connectivity index is 1.83. The summed E-state index contributed by atoms with van der Waals surface area (Å²) in [5.41, 5.74) is 3.95. The molecule has 0 saturated heterocycles. The van der Waals surface area contributed by atoms with Gasteiger partial charge in [-0.2, -0.15) is 0 Å². The largest absolute Gasteiger partial charge is 0.478 e. The predicted molar refractivity (Wildman–Crippen MR) is 103 cm³/mol. The number of hydrogen-bond donors (Lipinski definition) is 2. The van der Waals surface area contributed by atoms with Crippen molar-refractivity contribution >= 4 is 39.9 Å². The number of nitrogens with one attached hydrogen (secondary N) is 1. The van der Waals surface area contributed by atoms with E-state index in [1.807, 2.05) is 42.5 Å². The summed E-state index contributed by atoms with van der Waals surface area (Å²) in [6.45, 7) is 0. The number of anilines is 2. The molecule has 0 atom stereocenters. The van der Waals surface area contributed by atoms with Gasteiger partial charge in [-0.25, -0.2) is 4.79 Å². The standard InChI is InChI=1S/C21H14ClNO3/c22-16-5-3-7-18(23-17-6-2-1-4-15(17)21(24)25)20(16)14-8-9-19-13(12-14)10-11-26-19/h1-12,23H,(H,24,25). The number of rotatable bonds is 4. The summed E-state index contributed by atoms with van der Waals surface area (Å²) >= 11 is 6.48. The quantitative estimate of drug-likeness (QED) is 0.453. The van der Waals surface area contributed by atoms with Gasteiger partial charge in [0.1, 0.15) is 5.58 Å². The van der Waals surface area contributed by atoms with E-state index in [2.05, 4.69) is 5.32 Å². The number of hydrogen-bond acceptors (Lipinski definition) is 3. The molecule has 4 aromatic rings. The van der Waals surface area contributed by atoms with Crippen molar-refractivity contribution in [2.24, 2.45) is 0 Å². The summed E-state index contributed by atoms with van der Waals surface area (Å²) in [6.07, 6.45) is 1.64. The van der Waals surface area contributed by atoms with Gasteiger partial charge in [0.15, 0.2) is 0 Å². The molecular formula is C21H14ClNO3. The molecule has 0 radical (unpaired) electrons. The van der Waals surface area contributed by atoms with Crippen LogP contribution in [0.25, 0.3) is 22.1 Å². The number of carbonyl (C=O) groups is 1. The van der Waals surface area contributed by atoms with Gasteiger partial charge in [-0.3, -0.25) is 0 Å². The van der Waals surface area contributed by atoms with Gasteiger partial charge in [0.25, 0.3) is 0 Å². The minimum Gasteiger partial charge on any atom is -0.478 e. The van der Waals surface area contributed by atoms with Crippen molar-refractivity contribution < 1.29 is 14.3 Å². The lowest BCUT2D eigenvalue weighted by molar-refractivity contribution is 0.0698. The zero-order valence-corrected chi connectivity index (χ0v) is 14.3. The molecule has 0 spiro atoms. The Morgan fingerprint density at radius 1 is 0.962 bits per heavy atom. The maximum atomic E-state index is 11.5.